The first-order chi connectivity index (χ1) is 15.2. The van der Waals surface area contributed by atoms with Gasteiger partial charge in [0.25, 0.3) is 0 Å². The van der Waals surface area contributed by atoms with Gasteiger partial charge < -0.3 is 19.8 Å². The summed E-state index contributed by atoms with van der Waals surface area (Å²) in [4.78, 5) is 19.0. The number of carbonyl (C=O) groups is 1. The maximum absolute atomic E-state index is 14.1. The minimum Gasteiger partial charge on any atom is -0.480 e. The van der Waals surface area contributed by atoms with Gasteiger partial charge in [-0.25, -0.2) is 20.0 Å². The Morgan fingerprint density at radius 1 is 1.34 bits per heavy atom. The van der Waals surface area contributed by atoms with Gasteiger partial charge in [-0.15, -0.1) is 12.6 Å². The number of nitrogens with zero attached hydrogens (tertiary/aromatic N) is 2. The van der Waals surface area contributed by atoms with Gasteiger partial charge in [-0.2, -0.15) is 0 Å². The molecule has 1 amide bonds. The van der Waals surface area contributed by atoms with E-state index in [0.29, 0.717) is 11.5 Å². The zero-order valence-corrected chi connectivity index (χ0v) is 19.6. The summed E-state index contributed by atoms with van der Waals surface area (Å²) >= 11 is 4.10. The fraction of sp³-hybridized carbons (Fsp3) is 0.591. The van der Waals surface area contributed by atoms with Crippen molar-refractivity contribution in [3.05, 3.63) is 24.0 Å². The summed E-state index contributed by atoms with van der Waals surface area (Å²) in [5, 5.41) is 8.31. The molecule has 0 radical (unpaired) electrons. The van der Waals surface area contributed by atoms with Crippen molar-refractivity contribution < 1.29 is 18.7 Å². The Labute approximate surface area is 193 Å². The largest absolute Gasteiger partial charge is 0.480 e. The number of hydrogen-bond acceptors (Lipinski definition) is 7. The summed E-state index contributed by atoms with van der Waals surface area (Å²) in [6.45, 7) is 5.80. The van der Waals surface area contributed by atoms with Gasteiger partial charge in [0.05, 0.1) is 18.6 Å². The first kappa shape index (κ1) is 24.3. The Balaban J connectivity index is 1.56. The van der Waals surface area contributed by atoms with E-state index in [1.54, 1.807) is 13.0 Å². The molecule has 2 saturated heterocycles. The quantitative estimate of drug-likeness (QED) is 0.167. The second kappa shape index (κ2) is 10.5. The third kappa shape index (κ3) is 5.72. The molecular weight excluding hydrogens is 433 g/mol. The fourth-order valence-corrected chi connectivity index (χ4v) is 4.60. The molecule has 2 heterocycles. The molecule has 0 aliphatic carbocycles. The standard InChI is InChI=1S/C22H32FN5O3S/c1-12(2)31-22(29)28-15-4-5-16(28)9-14(8-15)11-30-20(24)13(3)21(27-25)26-19-7-6-17(32)10-18(19)23/h6-7,10,12-16,24,32H,4-5,8-9,11,25H2,1-3H3,(H,26,27). The van der Waals surface area contributed by atoms with Crippen molar-refractivity contribution in [3.63, 3.8) is 0 Å². The molecule has 3 rings (SSSR count). The molecule has 8 nitrogen and oxygen atoms in total. The second-order valence-corrected chi connectivity index (χ2v) is 9.25. The first-order valence-corrected chi connectivity index (χ1v) is 11.4. The number of hydrazine groups is 1. The van der Waals surface area contributed by atoms with Crippen LogP contribution in [-0.2, 0) is 9.47 Å². The Bertz CT molecular complexity index is 867. The lowest BCUT2D eigenvalue weighted by atomic mass is 9.91. The number of fused-ring (bicyclic) bond motifs is 2. The minimum atomic E-state index is -0.576. The van der Waals surface area contributed by atoms with E-state index in [2.05, 4.69) is 23.0 Å². The number of halogens is 1. The highest BCUT2D eigenvalue weighted by molar-refractivity contribution is 7.80. The van der Waals surface area contributed by atoms with Crippen molar-refractivity contribution in [1.29, 1.82) is 5.41 Å². The number of nitrogens with two attached hydrogens (primary N) is 1. The highest BCUT2D eigenvalue weighted by atomic mass is 32.1. The van der Waals surface area contributed by atoms with Gasteiger partial charge in [-0.3, -0.25) is 5.41 Å². The summed E-state index contributed by atoms with van der Waals surface area (Å²) in [6, 6.07) is 4.70. The van der Waals surface area contributed by atoms with Crippen LogP contribution in [-0.4, -0.2) is 47.5 Å². The molecule has 3 unspecified atom stereocenters. The number of amides is 1. The molecule has 1 aromatic rings. The smallest absolute Gasteiger partial charge is 0.410 e. The van der Waals surface area contributed by atoms with Gasteiger partial charge >= 0.3 is 6.09 Å². The molecule has 2 fully saturated rings. The average Bonchev–Trinajstić information content (AvgIpc) is 3.01. The number of benzene rings is 1. The second-order valence-electron chi connectivity index (χ2n) is 8.74. The summed E-state index contributed by atoms with van der Waals surface area (Å²) in [5.41, 5.74) is 2.56. The van der Waals surface area contributed by atoms with Crippen LogP contribution >= 0.6 is 12.6 Å². The van der Waals surface area contributed by atoms with Gasteiger partial charge in [0, 0.05) is 17.0 Å². The number of thiol groups is 1. The Morgan fingerprint density at radius 2 is 2.00 bits per heavy atom. The third-order valence-electron chi connectivity index (χ3n) is 5.98. The zero-order valence-electron chi connectivity index (χ0n) is 18.7. The first-order valence-electron chi connectivity index (χ1n) is 10.9. The lowest BCUT2D eigenvalue weighted by Crippen LogP contribution is -2.48. The maximum atomic E-state index is 14.1. The van der Waals surface area contributed by atoms with Crippen LogP contribution in [0.1, 0.15) is 46.5 Å². The van der Waals surface area contributed by atoms with Crippen molar-refractivity contribution in [3.8, 4) is 0 Å². The van der Waals surface area contributed by atoms with E-state index in [0.717, 1.165) is 25.7 Å². The maximum Gasteiger partial charge on any atom is 0.410 e. The lowest BCUT2D eigenvalue weighted by Gasteiger charge is -2.38. The Kier molecular flexibility index (Phi) is 8.00. The molecule has 0 saturated carbocycles. The molecule has 0 aromatic heterocycles. The summed E-state index contributed by atoms with van der Waals surface area (Å²) in [7, 11) is 0. The molecule has 176 valence electrons. The van der Waals surface area contributed by atoms with E-state index in [9.17, 15) is 9.18 Å². The summed E-state index contributed by atoms with van der Waals surface area (Å²) in [5.74, 6) is 4.96. The Hall–Kier alpha value is -2.33. The normalized spacial score (nSPS) is 23.8. The van der Waals surface area contributed by atoms with E-state index in [4.69, 9.17) is 20.7 Å². The number of carbonyl (C=O) groups excluding carboxylic acids is 1. The van der Waals surface area contributed by atoms with Crippen molar-refractivity contribution in [2.75, 3.05) is 6.61 Å². The number of amidine groups is 1. The van der Waals surface area contributed by atoms with Crippen molar-refractivity contribution in [1.82, 2.24) is 10.3 Å². The van der Waals surface area contributed by atoms with Crippen LogP contribution < -0.4 is 11.3 Å². The molecule has 3 atom stereocenters. The molecular formula is C22H32FN5O3S. The van der Waals surface area contributed by atoms with Gasteiger partial charge in [0.1, 0.15) is 17.3 Å². The van der Waals surface area contributed by atoms with Gasteiger partial charge in [0.2, 0.25) is 0 Å². The molecule has 2 aliphatic heterocycles. The van der Waals surface area contributed by atoms with Crippen molar-refractivity contribution in [2.45, 2.75) is 69.5 Å². The number of aliphatic imine (C=N–C) groups is 1. The topological polar surface area (TPSA) is 113 Å². The molecule has 4 N–H and O–H groups in total. The van der Waals surface area contributed by atoms with Gasteiger partial charge in [-0.05, 0) is 70.6 Å². The fourth-order valence-electron chi connectivity index (χ4n) is 4.41. The number of hydrogen-bond donors (Lipinski definition) is 4. The predicted molar refractivity (Wildman–Crippen MR) is 124 cm³/mol. The zero-order chi connectivity index (χ0) is 23.4. The van der Waals surface area contributed by atoms with Crippen LogP contribution in [0.5, 0.6) is 0 Å². The van der Waals surface area contributed by atoms with Crippen LogP contribution in [0.3, 0.4) is 0 Å². The SMILES string of the molecule is CC(C)OC(=O)N1C2CCC1CC(COC(=N)C(C)C(=Nc1ccc(S)cc1F)NN)C2. The van der Waals surface area contributed by atoms with E-state index in [1.807, 2.05) is 18.7 Å². The third-order valence-corrected chi connectivity index (χ3v) is 6.25. The molecule has 2 bridgehead atoms. The van der Waals surface area contributed by atoms with Crippen LogP contribution in [0.15, 0.2) is 28.1 Å². The van der Waals surface area contributed by atoms with Crippen molar-refractivity contribution in [2.24, 2.45) is 22.7 Å². The summed E-state index contributed by atoms with van der Waals surface area (Å²) < 4.78 is 25.3. The predicted octanol–water partition coefficient (Wildman–Crippen LogP) is 4.03. The number of piperidine rings is 1. The summed E-state index contributed by atoms with van der Waals surface area (Å²) in [6.07, 6.45) is 3.20. The van der Waals surface area contributed by atoms with E-state index in [1.165, 1.54) is 12.1 Å². The van der Waals surface area contributed by atoms with Crippen molar-refractivity contribution >= 4 is 36.1 Å². The van der Waals surface area contributed by atoms with E-state index in [-0.39, 0.29) is 47.6 Å². The lowest BCUT2D eigenvalue weighted by molar-refractivity contribution is 0.0326. The number of ether oxygens (including phenoxy) is 2. The molecule has 0 spiro atoms. The average molecular weight is 466 g/mol. The number of rotatable bonds is 6. The van der Waals surface area contributed by atoms with Crippen LogP contribution in [0.4, 0.5) is 14.9 Å². The molecule has 10 heteroatoms. The highest BCUT2D eigenvalue weighted by Gasteiger charge is 2.44. The van der Waals surface area contributed by atoms with E-state index < -0.39 is 11.7 Å². The monoisotopic (exact) mass is 465 g/mol. The molecule has 2 aliphatic rings. The van der Waals surface area contributed by atoms with E-state index >= 15 is 0 Å². The van der Waals surface area contributed by atoms with Gasteiger partial charge in [0.15, 0.2) is 5.90 Å². The highest BCUT2D eigenvalue weighted by Crippen LogP contribution is 2.39. The number of nitrogens with one attached hydrogen (secondary N) is 2. The minimum absolute atomic E-state index is 0.00178. The molecule has 32 heavy (non-hydrogen) atoms. The van der Waals surface area contributed by atoms with Crippen LogP contribution in [0, 0.1) is 23.1 Å². The Morgan fingerprint density at radius 3 is 2.56 bits per heavy atom. The van der Waals surface area contributed by atoms with Gasteiger partial charge in [-0.1, -0.05) is 0 Å². The molecule has 1 aromatic carbocycles. The van der Waals surface area contributed by atoms with Crippen LogP contribution in [0.25, 0.3) is 0 Å². The van der Waals surface area contributed by atoms with Crippen LogP contribution in [0.2, 0.25) is 0 Å².